The van der Waals surface area contributed by atoms with E-state index in [-0.39, 0.29) is 18.6 Å². The van der Waals surface area contributed by atoms with Gasteiger partial charge in [0.05, 0.1) is 22.0 Å². The first-order valence-electron chi connectivity index (χ1n) is 6.14. The Morgan fingerprint density at radius 2 is 2.10 bits per heavy atom. The number of carbonyl (C=O) groups is 1. The zero-order chi connectivity index (χ0) is 15.5. The number of hydrogen-bond acceptors (Lipinski definition) is 4. The molecule has 1 aromatic heterocycles. The summed E-state index contributed by atoms with van der Waals surface area (Å²) in [5.74, 6) is -1.29. The molecular weight excluding hydrogens is 316 g/mol. The van der Waals surface area contributed by atoms with E-state index >= 15 is 0 Å². The van der Waals surface area contributed by atoms with Gasteiger partial charge in [-0.2, -0.15) is 0 Å². The molecule has 0 bridgehead atoms. The standard InChI is InChI=1S/C13H13ClN2O4S/c14-10-5-6-11(13-9(10)3-1-7-15-13)16-21(19,20)8-2-4-12(17)18/h1,3,5-7,16H,2,4,8H2,(H,17,18). The van der Waals surface area contributed by atoms with Crippen LogP contribution in [0.5, 0.6) is 0 Å². The van der Waals surface area contributed by atoms with Gasteiger partial charge in [-0.3, -0.25) is 14.5 Å². The summed E-state index contributed by atoms with van der Waals surface area (Å²) in [4.78, 5) is 14.5. The van der Waals surface area contributed by atoms with Crippen LogP contribution in [0.3, 0.4) is 0 Å². The molecule has 6 nitrogen and oxygen atoms in total. The fraction of sp³-hybridized carbons (Fsp3) is 0.231. The lowest BCUT2D eigenvalue weighted by molar-refractivity contribution is -0.137. The van der Waals surface area contributed by atoms with E-state index in [1.54, 1.807) is 24.4 Å². The van der Waals surface area contributed by atoms with Crippen molar-refractivity contribution in [2.75, 3.05) is 10.5 Å². The summed E-state index contributed by atoms with van der Waals surface area (Å²) < 4.78 is 26.3. The zero-order valence-electron chi connectivity index (χ0n) is 10.9. The molecule has 0 aliphatic heterocycles. The Morgan fingerprint density at radius 3 is 2.81 bits per heavy atom. The van der Waals surface area contributed by atoms with Gasteiger partial charge in [0.25, 0.3) is 0 Å². The van der Waals surface area contributed by atoms with Crippen molar-refractivity contribution in [1.82, 2.24) is 4.98 Å². The molecule has 2 rings (SSSR count). The van der Waals surface area contributed by atoms with Gasteiger partial charge < -0.3 is 5.11 Å². The van der Waals surface area contributed by atoms with Gasteiger partial charge in [0, 0.05) is 18.0 Å². The number of carboxylic acid groups (broad SMARTS) is 1. The number of anilines is 1. The minimum Gasteiger partial charge on any atom is -0.481 e. The van der Waals surface area contributed by atoms with E-state index in [0.29, 0.717) is 21.6 Å². The van der Waals surface area contributed by atoms with E-state index in [4.69, 9.17) is 16.7 Å². The second-order valence-electron chi connectivity index (χ2n) is 4.41. The van der Waals surface area contributed by atoms with Crippen LogP contribution >= 0.6 is 11.6 Å². The zero-order valence-corrected chi connectivity index (χ0v) is 12.5. The predicted molar refractivity (Wildman–Crippen MR) is 81.0 cm³/mol. The highest BCUT2D eigenvalue weighted by molar-refractivity contribution is 7.92. The summed E-state index contributed by atoms with van der Waals surface area (Å²) in [5.41, 5.74) is 0.775. The highest BCUT2D eigenvalue weighted by Gasteiger charge is 2.14. The van der Waals surface area contributed by atoms with Crippen molar-refractivity contribution in [2.24, 2.45) is 0 Å². The first-order valence-corrected chi connectivity index (χ1v) is 8.17. The van der Waals surface area contributed by atoms with Gasteiger partial charge in [-0.05, 0) is 30.7 Å². The fourth-order valence-corrected chi connectivity index (χ4v) is 3.19. The minimum absolute atomic E-state index is 0.0453. The second-order valence-corrected chi connectivity index (χ2v) is 6.66. The van der Waals surface area contributed by atoms with Crippen LogP contribution in [-0.2, 0) is 14.8 Å². The Balaban J connectivity index is 2.23. The van der Waals surface area contributed by atoms with Crippen molar-refractivity contribution in [3.05, 3.63) is 35.5 Å². The van der Waals surface area contributed by atoms with Crippen molar-refractivity contribution in [3.8, 4) is 0 Å². The number of aliphatic carboxylic acids is 1. The maximum atomic E-state index is 11.9. The number of benzene rings is 1. The van der Waals surface area contributed by atoms with Gasteiger partial charge in [0.1, 0.15) is 0 Å². The van der Waals surface area contributed by atoms with Crippen LogP contribution in [0.25, 0.3) is 10.9 Å². The molecule has 0 fully saturated rings. The van der Waals surface area contributed by atoms with Gasteiger partial charge in [0.2, 0.25) is 10.0 Å². The van der Waals surface area contributed by atoms with Crippen molar-refractivity contribution >= 4 is 44.2 Å². The SMILES string of the molecule is O=C(O)CCCS(=O)(=O)Nc1ccc(Cl)c2cccnc12. The monoisotopic (exact) mass is 328 g/mol. The summed E-state index contributed by atoms with van der Waals surface area (Å²) in [5, 5.41) is 9.65. The molecule has 1 aromatic carbocycles. The number of nitrogens with zero attached hydrogens (tertiary/aromatic N) is 1. The largest absolute Gasteiger partial charge is 0.481 e. The van der Waals surface area contributed by atoms with Crippen molar-refractivity contribution in [2.45, 2.75) is 12.8 Å². The lowest BCUT2D eigenvalue weighted by atomic mass is 10.2. The van der Waals surface area contributed by atoms with Gasteiger partial charge >= 0.3 is 5.97 Å². The van der Waals surface area contributed by atoms with Crippen LogP contribution in [0.15, 0.2) is 30.5 Å². The predicted octanol–water partition coefficient (Wildman–Crippen LogP) is 2.49. The van der Waals surface area contributed by atoms with E-state index in [1.165, 1.54) is 6.07 Å². The van der Waals surface area contributed by atoms with Crippen molar-refractivity contribution < 1.29 is 18.3 Å². The smallest absolute Gasteiger partial charge is 0.303 e. The Labute approximate surface area is 126 Å². The molecule has 0 spiro atoms. The third-order valence-corrected chi connectivity index (χ3v) is 4.47. The minimum atomic E-state index is -3.63. The third-order valence-electron chi connectivity index (χ3n) is 2.79. The lowest BCUT2D eigenvalue weighted by Gasteiger charge is -2.10. The van der Waals surface area contributed by atoms with Crippen LogP contribution < -0.4 is 4.72 Å². The van der Waals surface area contributed by atoms with Crippen LogP contribution in [0, 0.1) is 0 Å². The topological polar surface area (TPSA) is 96.4 Å². The molecule has 0 atom stereocenters. The second kappa shape index (κ2) is 6.28. The summed E-state index contributed by atoms with van der Waals surface area (Å²) in [7, 11) is -3.63. The number of carboxylic acids is 1. The number of fused-ring (bicyclic) bond motifs is 1. The van der Waals surface area contributed by atoms with Crippen LogP contribution in [0.1, 0.15) is 12.8 Å². The molecular formula is C13H13ClN2O4S. The Kier molecular flexibility index (Phi) is 4.64. The molecule has 0 radical (unpaired) electrons. The molecule has 112 valence electrons. The highest BCUT2D eigenvalue weighted by atomic mass is 35.5. The van der Waals surface area contributed by atoms with Crippen LogP contribution in [0.2, 0.25) is 5.02 Å². The quantitative estimate of drug-likeness (QED) is 0.849. The molecule has 0 amide bonds. The summed E-state index contributed by atoms with van der Waals surface area (Å²) in [6.07, 6.45) is 1.39. The molecule has 8 heteroatoms. The highest BCUT2D eigenvalue weighted by Crippen LogP contribution is 2.28. The fourth-order valence-electron chi connectivity index (χ4n) is 1.85. The van der Waals surface area contributed by atoms with Gasteiger partial charge in [-0.25, -0.2) is 8.42 Å². The number of halogens is 1. The maximum Gasteiger partial charge on any atom is 0.303 e. The first-order chi connectivity index (χ1) is 9.89. The lowest BCUT2D eigenvalue weighted by Crippen LogP contribution is -2.17. The molecule has 0 aliphatic rings. The van der Waals surface area contributed by atoms with E-state index in [1.807, 2.05) is 0 Å². The summed E-state index contributed by atoms with van der Waals surface area (Å²) in [6, 6.07) is 6.57. The van der Waals surface area contributed by atoms with E-state index < -0.39 is 16.0 Å². The van der Waals surface area contributed by atoms with Crippen LogP contribution in [-0.4, -0.2) is 30.2 Å². The molecule has 21 heavy (non-hydrogen) atoms. The Hall–Kier alpha value is -1.86. The summed E-state index contributed by atoms with van der Waals surface area (Å²) in [6.45, 7) is 0. The number of sulfonamides is 1. The number of nitrogens with one attached hydrogen (secondary N) is 1. The van der Waals surface area contributed by atoms with E-state index in [9.17, 15) is 13.2 Å². The van der Waals surface area contributed by atoms with Gasteiger partial charge in [-0.1, -0.05) is 11.6 Å². The summed E-state index contributed by atoms with van der Waals surface area (Å²) >= 11 is 6.04. The number of rotatable bonds is 6. The van der Waals surface area contributed by atoms with E-state index in [2.05, 4.69) is 9.71 Å². The van der Waals surface area contributed by atoms with Crippen molar-refractivity contribution in [3.63, 3.8) is 0 Å². The van der Waals surface area contributed by atoms with Crippen LogP contribution in [0.4, 0.5) is 5.69 Å². The molecule has 0 aliphatic carbocycles. The first kappa shape index (κ1) is 15.5. The third kappa shape index (κ3) is 4.05. The molecule has 0 unspecified atom stereocenters. The molecule has 2 aromatic rings. The average Bonchev–Trinajstić information content (AvgIpc) is 2.41. The number of aromatic nitrogens is 1. The molecule has 0 saturated carbocycles. The van der Waals surface area contributed by atoms with Crippen molar-refractivity contribution in [1.29, 1.82) is 0 Å². The molecule has 1 heterocycles. The Bertz CT molecular complexity index is 777. The van der Waals surface area contributed by atoms with Gasteiger partial charge in [-0.15, -0.1) is 0 Å². The number of hydrogen-bond donors (Lipinski definition) is 2. The Morgan fingerprint density at radius 1 is 1.33 bits per heavy atom. The molecule has 2 N–H and O–H groups in total. The van der Waals surface area contributed by atoms with Gasteiger partial charge in [0.15, 0.2) is 0 Å². The van der Waals surface area contributed by atoms with E-state index in [0.717, 1.165) is 0 Å². The number of pyridine rings is 1. The molecule has 0 saturated heterocycles. The normalized spacial score (nSPS) is 11.5. The average molecular weight is 329 g/mol. The maximum absolute atomic E-state index is 11.9.